The van der Waals surface area contributed by atoms with Gasteiger partial charge in [-0.1, -0.05) is 51.5 Å². The maximum absolute atomic E-state index is 12.9. The van der Waals surface area contributed by atoms with Crippen molar-refractivity contribution < 1.29 is 4.79 Å². The first-order chi connectivity index (χ1) is 10.8. The molecule has 1 aliphatic rings. The topological polar surface area (TPSA) is 20.3 Å². The fourth-order valence-electron chi connectivity index (χ4n) is 3.49. The Hall–Kier alpha value is -1.04. The predicted molar refractivity (Wildman–Crippen MR) is 103 cm³/mol. The zero-order chi connectivity index (χ0) is 16.9. The van der Waals surface area contributed by atoms with Crippen LogP contribution >= 0.6 is 32.9 Å². The van der Waals surface area contributed by atoms with Gasteiger partial charge in [-0.2, -0.15) is 0 Å². The highest BCUT2D eigenvalue weighted by atomic mass is 32.9. The van der Waals surface area contributed by atoms with E-state index >= 15 is 0 Å². The van der Waals surface area contributed by atoms with Gasteiger partial charge in [0, 0.05) is 17.5 Å². The lowest BCUT2D eigenvalue weighted by atomic mass is 9.85. The Morgan fingerprint density at radius 1 is 1.26 bits per heavy atom. The van der Waals surface area contributed by atoms with Gasteiger partial charge in [-0.05, 0) is 45.7 Å². The third-order valence-corrected chi connectivity index (χ3v) is 7.73. The quantitative estimate of drug-likeness (QED) is 0.467. The lowest BCUT2D eigenvalue weighted by Gasteiger charge is -2.44. The van der Waals surface area contributed by atoms with Crippen LogP contribution in [0.25, 0.3) is 11.1 Å². The molecule has 2 aromatic rings. The second-order valence-corrected chi connectivity index (χ2v) is 9.49. The largest absolute Gasteiger partial charge is 0.301 e. The minimum atomic E-state index is -0.354. The van der Waals surface area contributed by atoms with E-state index < -0.39 is 0 Å². The highest BCUT2D eigenvalue weighted by Crippen LogP contribution is 2.53. The molecule has 0 atom stereocenters. The van der Waals surface area contributed by atoms with Crippen LogP contribution < -0.4 is 4.90 Å². The molecule has 23 heavy (non-hydrogen) atoms. The standard InChI is InChI=1S/C18H21NOS3/c1-6-7-13(20)19-15-11(3)8-10(2)9-12(15)14-16(18(19,4)5)22-23-17(14)21/h8-9H,6-7H2,1-5H3. The fraction of sp³-hybridized carbons (Fsp3) is 0.444. The molecule has 0 unspecified atom stereocenters. The number of nitrogens with zero attached hydrogens (tertiary/aromatic N) is 1. The van der Waals surface area contributed by atoms with E-state index in [0.717, 1.165) is 27.1 Å². The Morgan fingerprint density at radius 2 is 1.96 bits per heavy atom. The summed E-state index contributed by atoms with van der Waals surface area (Å²) in [7, 11) is 3.36. The van der Waals surface area contributed by atoms with Gasteiger partial charge >= 0.3 is 0 Å². The zero-order valence-corrected chi connectivity index (χ0v) is 16.6. The molecule has 0 saturated heterocycles. The van der Waals surface area contributed by atoms with Crippen molar-refractivity contribution in [1.82, 2.24) is 0 Å². The minimum absolute atomic E-state index is 0.195. The van der Waals surface area contributed by atoms with Gasteiger partial charge in [0.15, 0.2) is 0 Å². The van der Waals surface area contributed by atoms with E-state index in [2.05, 4.69) is 46.8 Å². The van der Waals surface area contributed by atoms with Crippen LogP contribution in [0.5, 0.6) is 0 Å². The highest BCUT2D eigenvalue weighted by molar-refractivity contribution is 7.80. The van der Waals surface area contributed by atoms with Crippen molar-refractivity contribution in [2.24, 2.45) is 0 Å². The van der Waals surface area contributed by atoms with E-state index in [-0.39, 0.29) is 11.4 Å². The number of hydrogen-bond donors (Lipinski definition) is 0. The Morgan fingerprint density at radius 3 is 2.61 bits per heavy atom. The van der Waals surface area contributed by atoms with Gasteiger partial charge in [0.2, 0.25) is 5.91 Å². The molecule has 1 amide bonds. The minimum Gasteiger partial charge on any atom is -0.301 e. The number of carbonyl (C=O) groups excluding carboxylic acids is 1. The average molecular weight is 364 g/mol. The molecule has 5 heteroatoms. The smallest absolute Gasteiger partial charge is 0.227 e. The second kappa shape index (κ2) is 5.80. The van der Waals surface area contributed by atoms with Crippen LogP contribution in [0.3, 0.4) is 0 Å². The maximum Gasteiger partial charge on any atom is 0.227 e. The third-order valence-electron chi connectivity index (χ3n) is 4.40. The Bertz CT molecular complexity index is 844. The number of benzene rings is 1. The van der Waals surface area contributed by atoms with E-state index in [1.54, 1.807) is 20.7 Å². The Balaban J connectivity index is 2.38. The number of fused-ring (bicyclic) bond motifs is 3. The number of amides is 1. The predicted octanol–water partition coefficient (Wildman–Crippen LogP) is 6.20. The zero-order valence-electron chi connectivity index (χ0n) is 14.1. The van der Waals surface area contributed by atoms with Crippen LogP contribution in [0.2, 0.25) is 0 Å². The molecule has 0 radical (unpaired) electrons. The summed E-state index contributed by atoms with van der Waals surface area (Å²) in [4.78, 5) is 16.2. The van der Waals surface area contributed by atoms with E-state index in [9.17, 15) is 4.79 Å². The van der Waals surface area contributed by atoms with Crippen molar-refractivity contribution in [2.75, 3.05) is 4.90 Å². The summed E-state index contributed by atoms with van der Waals surface area (Å²) in [5.74, 6) is 0.195. The first-order valence-electron chi connectivity index (χ1n) is 7.87. The summed E-state index contributed by atoms with van der Waals surface area (Å²) in [6.07, 6.45) is 1.43. The average Bonchev–Trinajstić information content (AvgIpc) is 2.83. The first-order valence-corrected chi connectivity index (χ1v) is 10.4. The molecule has 2 heterocycles. The molecule has 0 bridgehead atoms. The second-order valence-electron chi connectivity index (χ2n) is 6.67. The molecule has 0 N–H and O–H groups in total. The van der Waals surface area contributed by atoms with Crippen LogP contribution in [-0.2, 0) is 10.3 Å². The van der Waals surface area contributed by atoms with Gasteiger partial charge in [0.1, 0.15) is 3.82 Å². The van der Waals surface area contributed by atoms with E-state index in [4.69, 9.17) is 12.2 Å². The molecule has 1 aromatic carbocycles. The van der Waals surface area contributed by atoms with Crippen molar-refractivity contribution >= 4 is 44.5 Å². The van der Waals surface area contributed by atoms with Crippen molar-refractivity contribution in [3.63, 3.8) is 0 Å². The Kier molecular flexibility index (Phi) is 4.23. The summed E-state index contributed by atoms with van der Waals surface area (Å²) >= 11 is 5.62. The molecule has 122 valence electrons. The lowest BCUT2D eigenvalue weighted by Crippen LogP contribution is -2.48. The molecule has 0 saturated carbocycles. The van der Waals surface area contributed by atoms with E-state index in [1.807, 2.05) is 4.90 Å². The highest BCUT2D eigenvalue weighted by Gasteiger charge is 2.43. The molecule has 0 spiro atoms. The molecular formula is C18H21NOS3. The number of carbonyl (C=O) groups is 1. The third kappa shape index (κ3) is 2.49. The van der Waals surface area contributed by atoms with Gasteiger partial charge in [0.25, 0.3) is 0 Å². The number of hydrogen-bond acceptors (Lipinski definition) is 4. The number of aryl methyl sites for hydroxylation is 2. The monoisotopic (exact) mass is 363 g/mol. The molecule has 0 aliphatic carbocycles. The van der Waals surface area contributed by atoms with Gasteiger partial charge in [0.05, 0.1) is 16.1 Å². The SMILES string of the molecule is CCCC(=O)N1c2c(C)cc(C)cc2-c2c(ssc2=S)C1(C)C. The van der Waals surface area contributed by atoms with E-state index in [1.165, 1.54) is 16.0 Å². The normalized spacial score (nSPS) is 15.3. The molecule has 2 nitrogen and oxygen atoms in total. The van der Waals surface area contributed by atoms with Crippen molar-refractivity contribution in [3.05, 3.63) is 32.0 Å². The van der Waals surface area contributed by atoms with Crippen molar-refractivity contribution in [1.29, 1.82) is 0 Å². The fourth-order valence-corrected chi connectivity index (χ4v) is 6.77. The number of rotatable bonds is 2. The molecule has 3 rings (SSSR count). The van der Waals surface area contributed by atoms with Gasteiger partial charge in [-0.25, -0.2) is 0 Å². The van der Waals surface area contributed by atoms with Crippen molar-refractivity contribution in [3.8, 4) is 11.1 Å². The lowest BCUT2D eigenvalue weighted by molar-refractivity contribution is -0.119. The Labute approximate surface area is 150 Å². The van der Waals surface area contributed by atoms with E-state index in [0.29, 0.717) is 6.42 Å². The first kappa shape index (κ1) is 16.8. The van der Waals surface area contributed by atoms with Gasteiger partial charge < -0.3 is 4.90 Å². The summed E-state index contributed by atoms with van der Waals surface area (Å²) in [5, 5.41) is 0. The summed E-state index contributed by atoms with van der Waals surface area (Å²) in [5.41, 5.74) is 5.34. The molecular weight excluding hydrogens is 342 g/mol. The molecule has 0 fully saturated rings. The van der Waals surface area contributed by atoms with Crippen LogP contribution in [0.15, 0.2) is 12.1 Å². The summed E-state index contributed by atoms with van der Waals surface area (Å²) < 4.78 is 0.937. The van der Waals surface area contributed by atoms with Crippen LogP contribution in [-0.4, -0.2) is 5.91 Å². The molecule has 1 aliphatic heterocycles. The van der Waals surface area contributed by atoms with Crippen molar-refractivity contribution in [2.45, 2.75) is 53.0 Å². The number of anilines is 1. The van der Waals surface area contributed by atoms with Gasteiger partial charge in [-0.15, -0.1) is 0 Å². The van der Waals surface area contributed by atoms with Crippen LogP contribution in [0.4, 0.5) is 5.69 Å². The van der Waals surface area contributed by atoms with Crippen LogP contribution in [0, 0.1) is 17.7 Å². The summed E-state index contributed by atoms with van der Waals surface area (Å²) in [6.45, 7) is 10.5. The molecule has 1 aromatic heterocycles. The maximum atomic E-state index is 12.9. The van der Waals surface area contributed by atoms with Gasteiger partial charge in [-0.3, -0.25) is 4.79 Å². The van der Waals surface area contributed by atoms with Crippen LogP contribution in [0.1, 0.15) is 49.6 Å². The summed E-state index contributed by atoms with van der Waals surface area (Å²) in [6, 6.07) is 4.34.